The number of amides is 1. The first kappa shape index (κ1) is 17.3. The van der Waals surface area contributed by atoms with Crippen LogP contribution in [-0.2, 0) is 17.9 Å². The molecule has 0 spiro atoms. The monoisotopic (exact) mass is 354 g/mol. The van der Waals surface area contributed by atoms with E-state index in [0.717, 1.165) is 17.5 Å². The summed E-state index contributed by atoms with van der Waals surface area (Å²) < 4.78 is 3.06. The van der Waals surface area contributed by atoms with Gasteiger partial charge in [0.25, 0.3) is 0 Å². The number of aryl methyl sites for hydroxylation is 1. The highest BCUT2D eigenvalue weighted by molar-refractivity contribution is 5.91. The molecule has 0 aliphatic rings. The van der Waals surface area contributed by atoms with Gasteiger partial charge in [0.15, 0.2) is 0 Å². The Balaban J connectivity index is 1.71. The van der Waals surface area contributed by atoms with Crippen LogP contribution in [0.2, 0.25) is 0 Å². The summed E-state index contributed by atoms with van der Waals surface area (Å²) in [6, 6.07) is 9.91. The SMILES string of the molecule is Cc1nn(Cc2ccccc2)c(C)c1NC(=O)Cn1cc([N+](=O)[O-])cn1. The molecule has 9 heteroatoms. The molecular formula is C17H18N6O3. The van der Waals surface area contributed by atoms with Gasteiger partial charge in [-0.25, -0.2) is 0 Å². The van der Waals surface area contributed by atoms with Crippen molar-refractivity contribution in [3.05, 3.63) is 69.8 Å². The molecule has 0 bridgehead atoms. The number of hydrogen-bond acceptors (Lipinski definition) is 5. The van der Waals surface area contributed by atoms with Gasteiger partial charge in [0.2, 0.25) is 5.91 Å². The number of benzene rings is 1. The molecule has 2 aromatic heterocycles. The van der Waals surface area contributed by atoms with E-state index in [-0.39, 0.29) is 18.1 Å². The number of nitrogens with one attached hydrogen (secondary N) is 1. The fourth-order valence-corrected chi connectivity index (χ4v) is 2.65. The molecule has 0 aliphatic heterocycles. The summed E-state index contributed by atoms with van der Waals surface area (Å²) in [7, 11) is 0. The molecule has 0 saturated carbocycles. The van der Waals surface area contributed by atoms with Crippen molar-refractivity contribution >= 4 is 17.3 Å². The number of anilines is 1. The summed E-state index contributed by atoms with van der Waals surface area (Å²) in [6.07, 6.45) is 2.33. The van der Waals surface area contributed by atoms with Crippen LogP contribution in [-0.4, -0.2) is 30.4 Å². The van der Waals surface area contributed by atoms with Crippen molar-refractivity contribution in [3.63, 3.8) is 0 Å². The highest BCUT2D eigenvalue weighted by atomic mass is 16.6. The van der Waals surface area contributed by atoms with Gasteiger partial charge in [-0.1, -0.05) is 30.3 Å². The summed E-state index contributed by atoms with van der Waals surface area (Å²) >= 11 is 0. The van der Waals surface area contributed by atoms with Crippen LogP contribution in [0.4, 0.5) is 11.4 Å². The molecule has 9 nitrogen and oxygen atoms in total. The molecule has 0 saturated heterocycles. The minimum atomic E-state index is -0.552. The molecule has 1 aromatic carbocycles. The molecule has 26 heavy (non-hydrogen) atoms. The van der Waals surface area contributed by atoms with Gasteiger partial charge < -0.3 is 5.32 Å². The zero-order chi connectivity index (χ0) is 18.7. The molecule has 0 atom stereocenters. The highest BCUT2D eigenvalue weighted by Crippen LogP contribution is 2.20. The number of nitrogens with zero attached hydrogens (tertiary/aromatic N) is 5. The van der Waals surface area contributed by atoms with Gasteiger partial charge >= 0.3 is 5.69 Å². The van der Waals surface area contributed by atoms with Gasteiger partial charge in [0.05, 0.1) is 28.5 Å². The van der Waals surface area contributed by atoms with Crippen molar-refractivity contribution in [2.24, 2.45) is 0 Å². The van der Waals surface area contributed by atoms with Gasteiger partial charge in [-0.05, 0) is 19.4 Å². The Labute approximate surface area is 149 Å². The van der Waals surface area contributed by atoms with Crippen LogP contribution in [0.3, 0.4) is 0 Å². The topological polar surface area (TPSA) is 108 Å². The lowest BCUT2D eigenvalue weighted by molar-refractivity contribution is -0.385. The average Bonchev–Trinajstić information content (AvgIpc) is 3.17. The molecule has 1 amide bonds. The van der Waals surface area contributed by atoms with Crippen LogP contribution in [0.25, 0.3) is 0 Å². The molecule has 3 rings (SSSR count). The third-order valence-corrected chi connectivity index (χ3v) is 3.96. The van der Waals surface area contributed by atoms with E-state index in [1.165, 1.54) is 10.9 Å². The third-order valence-electron chi connectivity index (χ3n) is 3.96. The maximum Gasteiger partial charge on any atom is 0.307 e. The van der Waals surface area contributed by atoms with Gasteiger partial charge in [0.1, 0.15) is 18.9 Å². The van der Waals surface area contributed by atoms with Crippen molar-refractivity contribution < 1.29 is 9.72 Å². The van der Waals surface area contributed by atoms with Crippen LogP contribution >= 0.6 is 0 Å². The number of nitro groups is 1. The first-order chi connectivity index (χ1) is 12.4. The molecule has 0 fully saturated rings. The molecule has 2 heterocycles. The Bertz CT molecular complexity index is 945. The number of hydrogen-bond donors (Lipinski definition) is 1. The molecule has 0 aliphatic carbocycles. The van der Waals surface area contributed by atoms with Crippen LogP contribution in [0, 0.1) is 24.0 Å². The quantitative estimate of drug-likeness (QED) is 0.540. The molecule has 134 valence electrons. The first-order valence-corrected chi connectivity index (χ1v) is 7.98. The number of carbonyl (C=O) groups excluding carboxylic acids is 1. The predicted molar refractivity (Wildman–Crippen MR) is 94.8 cm³/mol. The number of aromatic nitrogens is 4. The summed E-state index contributed by atoms with van der Waals surface area (Å²) in [5.74, 6) is -0.326. The Morgan fingerprint density at radius 2 is 2.00 bits per heavy atom. The second-order valence-electron chi connectivity index (χ2n) is 5.89. The van der Waals surface area contributed by atoms with Crippen LogP contribution in [0.5, 0.6) is 0 Å². The highest BCUT2D eigenvalue weighted by Gasteiger charge is 2.16. The Morgan fingerprint density at radius 1 is 1.27 bits per heavy atom. The molecule has 0 unspecified atom stereocenters. The standard InChI is InChI=1S/C17H18N6O3/c1-12-17(13(2)22(20-12)9-14-6-4-3-5-7-14)19-16(24)11-21-10-15(8-18-21)23(25)26/h3-8,10H,9,11H2,1-2H3,(H,19,24). The summed E-state index contributed by atoms with van der Waals surface area (Å²) in [6.45, 7) is 4.20. The maximum absolute atomic E-state index is 12.3. The van der Waals surface area contributed by atoms with E-state index in [1.807, 2.05) is 48.9 Å². The minimum absolute atomic E-state index is 0.114. The van der Waals surface area contributed by atoms with Crippen molar-refractivity contribution in [1.29, 1.82) is 0 Å². The number of carbonyl (C=O) groups is 1. The molecule has 0 radical (unpaired) electrons. The Kier molecular flexibility index (Phi) is 4.78. The van der Waals surface area contributed by atoms with E-state index in [9.17, 15) is 14.9 Å². The molecular weight excluding hydrogens is 336 g/mol. The summed E-state index contributed by atoms with van der Waals surface area (Å²) in [5.41, 5.74) is 3.15. The van der Waals surface area contributed by atoms with E-state index >= 15 is 0 Å². The van der Waals surface area contributed by atoms with Gasteiger partial charge in [0, 0.05) is 0 Å². The van der Waals surface area contributed by atoms with Crippen LogP contribution < -0.4 is 5.32 Å². The smallest absolute Gasteiger partial charge is 0.307 e. The van der Waals surface area contributed by atoms with E-state index in [1.54, 1.807) is 0 Å². The molecule has 3 aromatic rings. The lowest BCUT2D eigenvalue weighted by atomic mass is 10.2. The Hall–Kier alpha value is -3.49. The van der Waals surface area contributed by atoms with E-state index in [2.05, 4.69) is 15.5 Å². The lowest BCUT2D eigenvalue weighted by Gasteiger charge is -2.07. The summed E-state index contributed by atoms with van der Waals surface area (Å²) in [4.78, 5) is 22.4. The fourth-order valence-electron chi connectivity index (χ4n) is 2.65. The van der Waals surface area contributed by atoms with Crippen molar-refractivity contribution in [2.45, 2.75) is 26.9 Å². The zero-order valence-electron chi connectivity index (χ0n) is 14.4. The minimum Gasteiger partial charge on any atom is -0.321 e. The second kappa shape index (κ2) is 7.18. The van der Waals surface area contributed by atoms with Crippen LogP contribution in [0.15, 0.2) is 42.7 Å². The maximum atomic E-state index is 12.3. The van der Waals surface area contributed by atoms with Crippen molar-refractivity contribution in [1.82, 2.24) is 19.6 Å². The second-order valence-corrected chi connectivity index (χ2v) is 5.89. The van der Waals surface area contributed by atoms with Crippen LogP contribution in [0.1, 0.15) is 17.0 Å². The van der Waals surface area contributed by atoms with E-state index in [0.29, 0.717) is 17.9 Å². The lowest BCUT2D eigenvalue weighted by Crippen LogP contribution is -2.19. The first-order valence-electron chi connectivity index (χ1n) is 7.98. The average molecular weight is 354 g/mol. The normalized spacial score (nSPS) is 10.7. The van der Waals surface area contributed by atoms with Crippen molar-refractivity contribution in [2.75, 3.05) is 5.32 Å². The predicted octanol–water partition coefficient (Wildman–Crippen LogP) is 2.29. The Morgan fingerprint density at radius 3 is 2.65 bits per heavy atom. The molecule has 1 N–H and O–H groups in total. The van der Waals surface area contributed by atoms with E-state index in [4.69, 9.17) is 0 Å². The fraction of sp³-hybridized carbons (Fsp3) is 0.235. The summed E-state index contributed by atoms with van der Waals surface area (Å²) in [5, 5.41) is 21.8. The van der Waals surface area contributed by atoms with E-state index < -0.39 is 4.92 Å². The largest absolute Gasteiger partial charge is 0.321 e. The van der Waals surface area contributed by atoms with Gasteiger partial charge in [-0.2, -0.15) is 10.2 Å². The van der Waals surface area contributed by atoms with Crippen molar-refractivity contribution in [3.8, 4) is 0 Å². The number of rotatable bonds is 6. The zero-order valence-corrected chi connectivity index (χ0v) is 14.4. The third kappa shape index (κ3) is 3.77. The van der Waals surface area contributed by atoms with Gasteiger partial charge in [-0.15, -0.1) is 0 Å². The van der Waals surface area contributed by atoms with Gasteiger partial charge in [-0.3, -0.25) is 24.3 Å².